The van der Waals surface area contributed by atoms with Crippen LogP contribution in [0.2, 0.25) is 0 Å². The van der Waals surface area contributed by atoms with E-state index in [9.17, 15) is 19.2 Å². The van der Waals surface area contributed by atoms with Crippen LogP contribution < -0.4 is 10.6 Å². The smallest absolute Gasteiger partial charge is 0.335 e. The van der Waals surface area contributed by atoms with Crippen molar-refractivity contribution >= 4 is 23.7 Å². The number of aromatic carboxylic acids is 1. The van der Waals surface area contributed by atoms with Crippen molar-refractivity contribution in [1.82, 2.24) is 15.5 Å². The molecule has 0 atom stereocenters. The van der Waals surface area contributed by atoms with Gasteiger partial charge in [-0.2, -0.15) is 0 Å². The van der Waals surface area contributed by atoms with Gasteiger partial charge < -0.3 is 20.6 Å². The Hall–Kier alpha value is -2.90. The first-order chi connectivity index (χ1) is 12.4. The second-order valence-corrected chi connectivity index (χ2v) is 6.19. The molecule has 1 aromatic rings. The van der Waals surface area contributed by atoms with Gasteiger partial charge in [0, 0.05) is 45.9 Å². The average molecular weight is 361 g/mol. The number of hydrogen-bond acceptors (Lipinski definition) is 4. The summed E-state index contributed by atoms with van der Waals surface area (Å²) in [5, 5.41) is 14.3. The van der Waals surface area contributed by atoms with Crippen LogP contribution in [0.4, 0.5) is 0 Å². The van der Waals surface area contributed by atoms with Crippen LogP contribution in [0.25, 0.3) is 0 Å². The lowest BCUT2D eigenvalue weighted by Crippen LogP contribution is -2.37. The van der Waals surface area contributed by atoms with Crippen molar-refractivity contribution in [3.63, 3.8) is 0 Å². The van der Waals surface area contributed by atoms with E-state index in [1.807, 2.05) is 0 Å². The Morgan fingerprint density at radius 1 is 1.08 bits per heavy atom. The minimum atomic E-state index is -0.993. The molecule has 140 valence electrons. The van der Waals surface area contributed by atoms with Gasteiger partial charge >= 0.3 is 5.97 Å². The Bertz CT molecular complexity index is 717. The molecule has 0 saturated heterocycles. The van der Waals surface area contributed by atoms with Gasteiger partial charge in [0.15, 0.2) is 0 Å². The summed E-state index contributed by atoms with van der Waals surface area (Å²) < 4.78 is 0. The third-order valence-corrected chi connectivity index (χ3v) is 4.21. The molecule has 3 amide bonds. The third-order valence-electron chi connectivity index (χ3n) is 4.21. The zero-order valence-electron chi connectivity index (χ0n) is 14.7. The van der Waals surface area contributed by atoms with Crippen molar-refractivity contribution in [3.05, 3.63) is 34.9 Å². The summed E-state index contributed by atoms with van der Waals surface area (Å²) in [6.07, 6.45) is 0.848. The van der Waals surface area contributed by atoms with Crippen molar-refractivity contribution in [2.24, 2.45) is 0 Å². The molecular formula is C18H23N3O5. The number of benzene rings is 1. The van der Waals surface area contributed by atoms with Crippen molar-refractivity contribution in [1.29, 1.82) is 0 Å². The van der Waals surface area contributed by atoms with E-state index in [1.54, 1.807) is 23.1 Å². The van der Waals surface area contributed by atoms with Gasteiger partial charge in [0.2, 0.25) is 17.7 Å². The molecule has 0 unspecified atom stereocenters. The van der Waals surface area contributed by atoms with Crippen LogP contribution in [-0.4, -0.2) is 53.3 Å². The van der Waals surface area contributed by atoms with E-state index in [-0.39, 0.29) is 36.1 Å². The lowest BCUT2D eigenvalue weighted by molar-refractivity contribution is -0.134. The minimum absolute atomic E-state index is 0.0808. The van der Waals surface area contributed by atoms with Crippen LogP contribution in [0.3, 0.4) is 0 Å². The van der Waals surface area contributed by atoms with Crippen molar-refractivity contribution < 1.29 is 24.3 Å². The number of fused-ring (bicyclic) bond motifs is 1. The first-order valence-electron chi connectivity index (χ1n) is 8.51. The molecule has 0 radical (unpaired) electrons. The second kappa shape index (κ2) is 8.98. The van der Waals surface area contributed by atoms with Crippen LogP contribution in [0.5, 0.6) is 0 Å². The maximum absolute atomic E-state index is 12.3. The Labute approximate surface area is 151 Å². The minimum Gasteiger partial charge on any atom is -0.478 e. The van der Waals surface area contributed by atoms with Crippen LogP contribution in [0.1, 0.15) is 41.3 Å². The van der Waals surface area contributed by atoms with Crippen LogP contribution in [0.15, 0.2) is 18.2 Å². The SMILES string of the molecule is CC(=O)NCCNC(=O)CCC(=O)N1CCc2ccc(C(=O)O)cc2C1. The molecule has 1 aliphatic rings. The average Bonchev–Trinajstić information content (AvgIpc) is 2.62. The largest absolute Gasteiger partial charge is 0.478 e. The molecule has 0 fully saturated rings. The molecule has 1 aliphatic heterocycles. The molecule has 0 spiro atoms. The summed E-state index contributed by atoms with van der Waals surface area (Å²) in [6.45, 7) is 2.99. The molecule has 3 N–H and O–H groups in total. The van der Waals surface area contributed by atoms with Gasteiger partial charge in [0.05, 0.1) is 5.56 Å². The van der Waals surface area contributed by atoms with E-state index >= 15 is 0 Å². The van der Waals surface area contributed by atoms with Crippen molar-refractivity contribution in [2.75, 3.05) is 19.6 Å². The van der Waals surface area contributed by atoms with Gasteiger partial charge in [-0.05, 0) is 29.7 Å². The maximum atomic E-state index is 12.3. The Kier molecular flexibility index (Phi) is 6.71. The first-order valence-corrected chi connectivity index (χ1v) is 8.51. The number of carboxylic acid groups (broad SMARTS) is 1. The first kappa shape index (κ1) is 19.4. The van der Waals surface area contributed by atoms with Gasteiger partial charge in [-0.25, -0.2) is 4.79 Å². The predicted molar refractivity (Wildman–Crippen MR) is 93.4 cm³/mol. The highest BCUT2D eigenvalue weighted by Crippen LogP contribution is 2.21. The molecule has 0 bridgehead atoms. The predicted octanol–water partition coefficient (Wildman–Crippen LogP) is 0.302. The summed E-state index contributed by atoms with van der Waals surface area (Å²) in [5.41, 5.74) is 2.09. The molecule has 0 aliphatic carbocycles. The molecule has 2 rings (SSSR count). The molecule has 0 aromatic heterocycles. The molecule has 0 saturated carbocycles. The number of amides is 3. The summed E-state index contributed by atoms with van der Waals surface area (Å²) in [7, 11) is 0. The standard InChI is InChI=1S/C18H23N3O5/c1-12(22)19-7-8-20-16(23)4-5-17(24)21-9-6-13-2-3-14(18(25)26)10-15(13)11-21/h2-3,10H,4-9,11H2,1H3,(H,19,22)(H,20,23)(H,25,26). The molecule has 8 heteroatoms. The van der Waals surface area contributed by atoms with Crippen molar-refractivity contribution in [3.8, 4) is 0 Å². The van der Waals surface area contributed by atoms with E-state index in [0.29, 0.717) is 32.6 Å². The van der Waals surface area contributed by atoms with Crippen LogP contribution in [0, 0.1) is 0 Å². The summed E-state index contributed by atoms with van der Waals surface area (Å²) >= 11 is 0. The van der Waals surface area contributed by atoms with Gasteiger partial charge in [0.25, 0.3) is 0 Å². The van der Waals surface area contributed by atoms with Gasteiger partial charge in [0.1, 0.15) is 0 Å². The summed E-state index contributed by atoms with van der Waals surface area (Å²) in [6, 6.07) is 4.97. The lowest BCUT2D eigenvalue weighted by atomic mass is 9.97. The van der Waals surface area contributed by atoms with Crippen LogP contribution >= 0.6 is 0 Å². The summed E-state index contributed by atoms with van der Waals surface area (Å²) in [4.78, 5) is 47.5. The molecule has 1 aromatic carbocycles. The molecule has 8 nitrogen and oxygen atoms in total. The fourth-order valence-corrected chi connectivity index (χ4v) is 2.81. The van der Waals surface area contributed by atoms with Gasteiger partial charge in [-0.1, -0.05) is 6.07 Å². The highest BCUT2D eigenvalue weighted by molar-refractivity contribution is 5.88. The van der Waals surface area contributed by atoms with Gasteiger partial charge in [-0.3, -0.25) is 14.4 Å². The normalized spacial score (nSPS) is 12.9. The molecular weight excluding hydrogens is 338 g/mol. The Balaban J connectivity index is 1.80. The van der Waals surface area contributed by atoms with E-state index in [2.05, 4.69) is 10.6 Å². The van der Waals surface area contributed by atoms with Crippen molar-refractivity contribution in [2.45, 2.75) is 32.7 Å². The summed E-state index contributed by atoms with van der Waals surface area (Å²) in [5.74, 6) is -1.53. The highest BCUT2D eigenvalue weighted by atomic mass is 16.4. The van der Waals surface area contributed by atoms with E-state index in [1.165, 1.54) is 6.92 Å². The van der Waals surface area contributed by atoms with E-state index in [4.69, 9.17) is 5.11 Å². The quantitative estimate of drug-likeness (QED) is 0.604. The monoisotopic (exact) mass is 361 g/mol. The number of carbonyl (C=O) groups is 4. The number of nitrogens with one attached hydrogen (secondary N) is 2. The second-order valence-electron chi connectivity index (χ2n) is 6.19. The van der Waals surface area contributed by atoms with E-state index < -0.39 is 5.97 Å². The molecule has 26 heavy (non-hydrogen) atoms. The number of carbonyl (C=O) groups excluding carboxylic acids is 3. The number of hydrogen-bond donors (Lipinski definition) is 3. The highest BCUT2D eigenvalue weighted by Gasteiger charge is 2.22. The Morgan fingerprint density at radius 2 is 1.81 bits per heavy atom. The maximum Gasteiger partial charge on any atom is 0.335 e. The van der Waals surface area contributed by atoms with Crippen LogP contribution in [-0.2, 0) is 27.3 Å². The Morgan fingerprint density at radius 3 is 2.50 bits per heavy atom. The van der Waals surface area contributed by atoms with Gasteiger partial charge in [-0.15, -0.1) is 0 Å². The van der Waals surface area contributed by atoms with E-state index in [0.717, 1.165) is 11.1 Å². The lowest BCUT2D eigenvalue weighted by Gasteiger charge is -2.29. The number of rotatable bonds is 7. The fourth-order valence-electron chi connectivity index (χ4n) is 2.81. The molecule has 1 heterocycles. The number of carboxylic acids is 1. The third kappa shape index (κ3) is 5.58. The zero-order valence-corrected chi connectivity index (χ0v) is 14.7. The zero-order chi connectivity index (χ0) is 19.1. The number of nitrogens with zero attached hydrogens (tertiary/aromatic N) is 1. The fraction of sp³-hybridized carbons (Fsp3) is 0.444. The topological polar surface area (TPSA) is 116 Å².